The van der Waals surface area contributed by atoms with Gasteiger partial charge < -0.3 is 16.0 Å². The Hall–Kier alpha value is -2.09. The Morgan fingerprint density at radius 3 is 2.19 bits per heavy atom. The topological polar surface area (TPSA) is 65.5 Å². The zero-order chi connectivity index (χ0) is 17.9. The first-order chi connectivity index (χ1) is 12.2. The van der Waals surface area contributed by atoms with Gasteiger partial charge in [0.2, 0.25) is 5.91 Å². The fraction of sp³-hybridized carbons (Fsp3) is 0.300. The van der Waals surface area contributed by atoms with Gasteiger partial charge >= 0.3 is 0 Å². The summed E-state index contributed by atoms with van der Waals surface area (Å²) in [4.78, 5) is 16.1. The van der Waals surface area contributed by atoms with Crippen LogP contribution in [-0.4, -0.2) is 32.0 Å². The minimum atomic E-state index is -0.0667. The predicted molar refractivity (Wildman–Crippen MR) is 118 cm³/mol. The van der Waals surface area contributed by atoms with Gasteiger partial charge in [0, 0.05) is 20.1 Å². The molecule has 2 aromatic carbocycles. The van der Waals surface area contributed by atoms with Crippen molar-refractivity contribution in [2.75, 3.05) is 20.1 Å². The van der Waals surface area contributed by atoms with Gasteiger partial charge in [-0.1, -0.05) is 67.6 Å². The highest BCUT2D eigenvalue weighted by molar-refractivity contribution is 14.0. The maximum Gasteiger partial charge on any atom is 0.239 e. The molecule has 0 radical (unpaired) electrons. The lowest BCUT2D eigenvalue weighted by Crippen LogP contribution is -2.43. The molecule has 5 nitrogen and oxygen atoms in total. The monoisotopic (exact) mass is 466 g/mol. The summed E-state index contributed by atoms with van der Waals surface area (Å²) >= 11 is 0. The number of carbonyl (C=O) groups is 1. The molecule has 0 aliphatic heterocycles. The van der Waals surface area contributed by atoms with Gasteiger partial charge in [-0.3, -0.25) is 9.79 Å². The summed E-state index contributed by atoms with van der Waals surface area (Å²) in [5.74, 6) is 0.909. The van der Waals surface area contributed by atoms with Gasteiger partial charge in [0.25, 0.3) is 0 Å². The van der Waals surface area contributed by atoms with Gasteiger partial charge in [0.15, 0.2) is 5.96 Å². The third-order valence-electron chi connectivity index (χ3n) is 3.92. The van der Waals surface area contributed by atoms with Crippen LogP contribution in [0.15, 0.2) is 65.7 Å². The SMILES string of the molecule is CN=C(NCC(=O)NCc1ccccc1)NCC(C)c1ccccc1.I. The molecule has 0 heterocycles. The lowest BCUT2D eigenvalue weighted by Gasteiger charge is -2.16. The molecular formula is C20H27IN4O. The van der Waals surface area contributed by atoms with Crippen molar-refractivity contribution in [3.8, 4) is 0 Å². The van der Waals surface area contributed by atoms with E-state index >= 15 is 0 Å². The molecule has 0 saturated heterocycles. The summed E-state index contributed by atoms with van der Waals surface area (Å²) in [6.07, 6.45) is 0. The van der Waals surface area contributed by atoms with E-state index in [9.17, 15) is 4.79 Å². The number of rotatable bonds is 7. The average Bonchev–Trinajstić information content (AvgIpc) is 2.67. The molecule has 2 aromatic rings. The summed E-state index contributed by atoms with van der Waals surface area (Å²) in [5, 5.41) is 9.18. The van der Waals surface area contributed by atoms with Crippen LogP contribution in [0.3, 0.4) is 0 Å². The molecule has 0 bridgehead atoms. The molecule has 0 aliphatic rings. The highest BCUT2D eigenvalue weighted by Crippen LogP contribution is 2.12. The van der Waals surface area contributed by atoms with Crippen molar-refractivity contribution in [3.05, 3.63) is 71.8 Å². The van der Waals surface area contributed by atoms with Gasteiger partial charge in [-0.2, -0.15) is 0 Å². The maximum atomic E-state index is 11.9. The van der Waals surface area contributed by atoms with Crippen molar-refractivity contribution in [3.63, 3.8) is 0 Å². The second kappa shape index (κ2) is 12.3. The number of benzene rings is 2. The smallest absolute Gasteiger partial charge is 0.239 e. The molecule has 1 unspecified atom stereocenters. The molecule has 0 aliphatic carbocycles. The predicted octanol–water partition coefficient (Wildman–Crippen LogP) is 2.89. The lowest BCUT2D eigenvalue weighted by molar-refractivity contribution is -0.120. The Labute approximate surface area is 172 Å². The Kier molecular flexibility index (Phi) is 10.4. The molecule has 1 atom stereocenters. The van der Waals surface area contributed by atoms with Crippen LogP contribution in [0.5, 0.6) is 0 Å². The molecule has 1 amide bonds. The van der Waals surface area contributed by atoms with Crippen LogP contribution in [0.25, 0.3) is 0 Å². The van der Waals surface area contributed by atoms with E-state index in [0.717, 1.165) is 12.1 Å². The molecular weight excluding hydrogens is 439 g/mol. The van der Waals surface area contributed by atoms with E-state index in [1.807, 2.05) is 48.5 Å². The summed E-state index contributed by atoms with van der Waals surface area (Å²) in [6.45, 7) is 3.61. The fourth-order valence-corrected chi connectivity index (χ4v) is 2.39. The maximum absolute atomic E-state index is 11.9. The third-order valence-corrected chi connectivity index (χ3v) is 3.92. The van der Waals surface area contributed by atoms with Crippen LogP contribution in [0.4, 0.5) is 0 Å². The van der Waals surface area contributed by atoms with Crippen LogP contribution in [0.2, 0.25) is 0 Å². The quantitative estimate of drug-likeness (QED) is 0.334. The number of amides is 1. The first kappa shape index (κ1) is 22.0. The fourth-order valence-electron chi connectivity index (χ4n) is 2.39. The van der Waals surface area contributed by atoms with Gasteiger partial charge in [0.1, 0.15) is 0 Å². The molecule has 6 heteroatoms. The van der Waals surface area contributed by atoms with E-state index in [-0.39, 0.29) is 36.4 Å². The Morgan fingerprint density at radius 1 is 0.962 bits per heavy atom. The highest BCUT2D eigenvalue weighted by Gasteiger charge is 2.07. The number of halogens is 1. The molecule has 2 rings (SSSR count). The van der Waals surface area contributed by atoms with Crippen LogP contribution in [0.1, 0.15) is 24.0 Å². The van der Waals surface area contributed by atoms with Crippen molar-refractivity contribution in [2.45, 2.75) is 19.4 Å². The van der Waals surface area contributed by atoms with Gasteiger partial charge in [-0.25, -0.2) is 0 Å². The standard InChI is InChI=1S/C20H26N4O.HI/c1-16(18-11-7-4-8-12-18)13-23-20(21-2)24-15-19(25)22-14-17-9-5-3-6-10-17;/h3-12,16H,13-15H2,1-2H3,(H,22,25)(H2,21,23,24);1H. The van der Waals surface area contributed by atoms with E-state index in [4.69, 9.17) is 0 Å². The number of guanidine groups is 1. The first-order valence-electron chi connectivity index (χ1n) is 8.49. The van der Waals surface area contributed by atoms with Gasteiger partial charge in [-0.05, 0) is 17.0 Å². The van der Waals surface area contributed by atoms with Crippen molar-refractivity contribution in [1.29, 1.82) is 0 Å². The number of hydrogen-bond donors (Lipinski definition) is 3. The number of hydrogen-bond acceptors (Lipinski definition) is 2. The second-order valence-corrected chi connectivity index (χ2v) is 5.88. The average molecular weight is 466 g/mol. The zero-order valence-electron chi connectivity index (χ0n) is 15.2. The van der Waals surface area contributed by atoms with E-state index < -0.39 is 0 Å². The molecule has 0 aromatic heterocycles. The van der Waals surface area contributed by atoms with Gasteiger partial charge in [0.05, 0.1) is 6.54 Å². The zero-order valence-corrected chi connectivity index (χ0v) is 17.6. The van der Waals surface area contributed by atoms with E-state index in [1.54, 1.807) is 7.05 Å². The van der Waals surface area contributed by atoms with Crippen molar-refractivity contribution >= 4 is 35.8 Å². The number of nitrogens with zero attached hydrogens (tertiary/aromatic N) is 1. The number of carbonyl (C=O) groups excluding carboxylic acids is 1. The highest BCUT2D eigenvalue weighted by atomic mass is 127. The largest absolute Gasteiger partial charge is 0.356 e. The van der Waals surface area contributed by atoms with Crippen LogP contribution >= 0.6 is 24.0 Å². The van der Waals surface area contributed by atoms with Crippen LogP contribution < -0.4 is 16.0 Å². The molecule has 0 spiro atoms. The molecule has 3 N–H and O–H groups in total. The minimum absolute atomic E-state index is 0. The summed E-state index contributed by atoms with van der Waals surface area (Å²) in [5.41, 5.74) is 2.35. The Balaban J connectivity index is 0.00000338. The summed E-state index contributed by atoms with van der Waals surface area (Å²) in [7, 11) is 1.70. The lowest BCUT2D eigenvalue weighted by atomic mass is 10.0. The number of aliphatic imine (C=N–C) groups is 1. The van der Waals surface area contributed by atoms with E-state index in [2.05, 4.69) is 40.0 Å². The van der Waals surface area contributed by atoms with E-state index in [0.29, 0.717) is 18.4 Å². The van der Waals surface area contributed by atoms with Crippen LogP contribution in [0, 0.1) is 0 Å². The van der Waals surface area contributed by atoms with Crippen molar-refractivity contribution in [1.82, 2.24) is 16.0 Å². The second-order valence-electron chi connectivity index (χ2n) is 5.88. The molecule has 26 heavy (non-hydrogen) atoms. The van der Waals surface area contributed by atoms with E-state index in [1.165, 1.54) is 5.56 Å². The third kappa shape index (κ3) is 7.86. The van der Waals surface area contributed by atoms with Crippen molar-refractivity contribution in [2.24, 2.45) is 4.99 Å². The minimum Gasteiger partial charge on any atom is -0.356 e. The molecule has 0 fully saturated rings. The van der Waals surface area contributed by atoms with Crippen molar-refractivity contribution < 1.29 is 4.79 Å². The molecule has 0 saturated carbocycles. The van der Waals surface area contributed by atoms with Crippen LogP contribution in [-0.2, 0) is 11.3 Å². The molecule has 140 valence electrons. The summed E-state index contributed by atoms with van der Waals surface area (Å²) < 4.78 is 0. The Bertz CT molecular complexity index is 677. The summed E-state index contributed by atoms with van der Waals surface area (Å²) in [6, 6.07) is 20.2. The Morgan fingerprint density at radius 2 is 1.58 bits per heavy atom. The number of nitrogens with one attached hydrogen (secondary N) is 3. The first-order valence-corrected chi connectivity index (χ1v) is 8.49. The van der Waals surface area contributed by atoms with Gasteiger partial charge in [-0.15, -0.1) is 24.0 Å². The normalized spacial score (nSPS) is 11.8.